The van der Waals surface area contributed by atoms with Crippen LogP contribution in [0.25, 0.3) is 0 Å². The van der Waals surface area contributed by atoms with Crippen molar-refractivity contribution in [3.05, 3.63) is 70.3 Å². The van der Waals surface area contributed by atoms with E-state index in [1.165, 1.54) is 34.2 Å². The molecule has 0 radical (unpaired) electrons. The molecule has 0 saturated heterocycles. The van der Waals surface area contributed by atoms with E-state index in [0.29, 0.717) is 11.8 Å². The Kier molecular flexibility index (Phi) is 3.83. The van der Waals surface area contributed by atoms with Gasteiger partial charge in [0.2, 0.25) is 0 Å². The third-order valence-electron chi connectivity index (χ3n) is 4.72. The zero-order valence-corrected chi connectivity index (χ0v) is 13.1. The third kappa shape index (κ3) is 2.74. The summed E-state index contributed by atoms with van der Waals surface area (Å²) < 4.78 is 0. The first-order valence-corrected chi connectivity index (χ1v) is 7.70. The lowest BCUT2D eigenvalue weighted by Gasteiger charge is -2.22. The summed E-state index contributed by atoms with van der Waals surface area (Å²) in [6.07, 6.45) is 1.21. The van der Waals surface area contributed by atoms with Crippen LogP contribution in [0.15, 0.2) is 42.5 Å². The molecule has 3 N–H and O–H groups in total. The maximum atomic E-state index is 5.91. The molecule has 0 aromatic heterocycles. The van der Waals surface area contributed by atoms with Gasteiger partial charge in [-0.05, 0) is 61.3 Å². The van der Waals surface area contributed by atoms with E-state index in [1.54, 1.807) is 0 Å². The average Bonchev–Trinajstić information content (AvgIpc) is 3.23. The fraction of sp³-hybridized carbons (Fsp3) is 0.368. The Labute approximate surface area is 127 Å². The number of rotatable bonds is 4. The van der Waals surface area contributed by atoms with E-state index in [4.69, 9.17) is 5.84 Å². The molecular weight excluding hydrogens is 256 g/mol. The van der Waals surface area contributed by atoms with E-state index < -0.39 is 0 Å². The first kappa shape index (κ1) is 14.3. The number of hydrazine groups is 1. The molecule has 2 aromatic rings. The molecule has 0 heterocycles. The Balaban J connectivity index is 1.88. The van der Waals surface area contributed by atoms with Gasteiger partial charge in [0, 0.05) is 6.04 Å². The highest BCUT2D eigenvalue weighted by Crippen LogP contribution is 2.54. The van der Waals surface area contributed by atoms with Crippen molar-refractivity contribution >= 4 is 0 Å². The van der Waals surface area contributed by atoms with Gasteiger partial charge >= 0.3 is 0 Å². The quantitative estimate of drug-likeness (QED) is 0.658. The van der Waals surface area contributed by atoms with Crippen LogP contribution >= 0.6 is 0 Å². The van der Waals surface area contributed by atoms with Crippen LogP contribution < -0.4 is 11.3 Å². The smallest absolute Gasteiger partial charge is 0.0499 e. The van der Waals surface area contributed by atoms with Gasteiger partial charge in [-0.1, -0.05) is 48.0 Å². The van der Waals surface area contributed by atoms with Gasteiger partial charge in [0.05, 0.1) is 0 Å². The maximum absolute atomic E-state index is 5.91. The van der Waals surface area contributed by atoms with Gasteiger partial charge in [-0.25, -0.2) is 0 Å². The Morgan fingerprint density at radius 2 is 1.67 bits per heavy atom. The minimum absolute atomic E-state index is 0.246. The first-order valence-electron chi connectivity index (χ1n) is 7.70. The topological polar surface area (TPSA) is 38.0 Å². The molecule has 21 heavy (non-hydrogen) atoms. The standard InChI is InChI=1S/C19H24N2/c1-12-9-13(2)18(14(3)10-12)19(21-20)17-11-16(17)15-7-5-4-6-8-15/h4-10,16-17,19,21H,11,20H2,1-3H3. The highest BCUT2D eigenvalue weighted by atomic mass is 15.2. The van der Waals surface area contributed by atoms with E-state index in [0.717, 1.165) is 0 Å². The molecule has 3 atom stereocenters. The summed E-state index contributed by atoms with van der Waals surface area (Å²) in [6.45, 7) is 6.54. The Morgan fingerprint density at radius 3 is 2.24 bits per heavy atom. The van der Waals surface area contributed by atoms with E-state index in [9.17, 15) is 0 Å². The molecule has 0 aliphatic heterocycles. The lowest BCUT2D eigenvalue weighted by Crippen LogP contribution is -2.31. The van der Waals surface area contributed by atoms with E-state index >= 15 is 0 Å². The highest BCUT2D eigenvalue weighted by Gasteiger charge is 2.44. The van der Waals surface area contributed by atoms with Gasteiger partial charge in [0.1, 0.15) is 0 Å². The molecule has 1 aliphatic carbocycles. The Hall–Kier alpha value is -1.64. The molecule has 2 heteroatoms. The minimum Gasteiger partial charge on any atom is -0.271 e. The van der Waals surface area contributed by atoms with Crippen molar-refractivity contribution in [1.29, 1.82) is 0 Å². The fourth-order valence-electron chi connectivity index (χ4n) is 3.77. The van der Waals surface area contributed by atoms with Gasteiger partial charge in [-0.3, -0.25) is 11.3 Å². The summed E-state index contributed by atoms with van der Waals surface area (Å²) in [5.74, 6) is 7.14. The van der Waals surface area contributed by atoms with Crippen molar-refractivity contribution in [3.8, 4) is 0 Å². The monoisotopic (exact) mass is 280 g/mol. The maximum Gasteiger partial charge on any atom is 0.0499 e. The van der Waals surface area contributed by atoms with Gasteiger partial charge in [-0.15, -0.1) is 0 Å². The summed E-state index contributed by atoms with van der Waals surface area (Å²) in [4.78, 5) is 0. The second kappa shape index (κ2) is 5.63. The summed E-state index contributed by atoms with van der Waals surface area (Å²) in [7, 11) is 0. The average molecular weight is 280 g/mol. The van der Waals surface area contributed by atoms with Crippen molar-refractivity contribution in [2.24, 2.45) is 11.8 Å². The summed E-state index contributed by atoms with van der Waals surface area (Å²) in [6, 6.07) is 15.5. The van der Waals surface area contributed by atoms with E-state index in [2.05, 4.69) is 68.7 Å². The summed E-state index contributed by atoms with van der Waals surface area (Å²) >= 11 is 0. The largest absolute Gasteiger partial charge is 0.271 e. The van der Waals surface area contributed by atoms with Gasteiger partial charge in [0.15, 0.2) is 0 Å². The summed E-state index contributed by atoms with van der Waals surface area (Å²) in [5.41, 5.74) is 9.90. The molecule has 0 amide bonds. The second-order valence-corrected chi connectivity index (χ2v) is 6.37. The van der Waals surface area contributed by atoms with Crippen molar-refractivity contribution < 1.29 is 0 Å². The normalized spacial score (nSPS) is 22.1. The number of nitrogens with one attached hydrogen (secondary N) is 1. The van der Waals surface area contributed by atoms with Crippen molar-refractivity contribution in [2.45, 2.75) is 39.2 Å². The van der Waals surface area contributed by atoms with Crippen LogP contribution in [-0.2, 0) is 0 Å². The third-order valence-corrected chi connectivity index (χ3v) is 4.72. The van der Waals surface area contributed by atoms with Crippen LogP contribution in [0.1, 0.15) is 46.2 Å². The number of hydrogen-bond donors (Lipinski definition) is 2. The SMILES string of the molecule is Cc1cc(C)c(C(NN)C2CC2c2ccccc2)c(C)c1. The predicted octanol–water partition coefficient (Wildman–Crippen LogP) is 3.92. The van der Waals surface area contributed by atoms with Crippen molar-refractivity contribution in [1.82, 2.24) is 5.43 Å². The molecule has 1 fully saturated rings. The zero-order valence-electron chi connectivity index (χ0n) is 13.1. The molecule has 3 rings (SSSR count). The van der Waals surface area contributed by atoms with Gasteiger partial charge in [-0.2, -0.15) is 0 Å². The van der Waals surface area contributed by atoms with Crippen LogP contribution in [0.3, 0.4) is 0 Å². The second-order valence-electron chi connectivity index (χ2n) is 6.37. The lowest BCUT2D eigenvalue weighted by atomic mass is 9.90. The molecule has 2 nitrogen and oxygen atoms in total. The number of nitrogens with two attached hydrogens (primary N) is 1. The lowest BCUT2D eigenvalue weighted by molar-refractivity contribution is 0.483. The molecular formula is C19H24N2. The van der Waals surface area contributed by atoms with Crippen LogP contribution in [0.4, 0.5) is 0 Å². The van der Waals surface area contributed by atoms with Crippen LogP contribution in [0.5, 0.6) is 0 Å². The molecule has 1 aliphatic rings. The van der Waals surface area contributed by atoms with Crippen LogP contribution in [0.2, 0.25) is 0 Å². The highest BCUT2D eigenvalue weighted by molar-refractivity contribution is 5.42. The Morgan fingerprint density at radius 1 is 1.05 bits per heavy atom. The number of benzene rings is 2. The number of hydrogen-bond acceptors (Lipinski definition) is 2. The van der Waals surface area contributed by atoms with E-state index in [-0.39, 0.29) is 6.04 Å². The fourth-order valence-corrected chi connectivity index (χ4v) is 3.77. The minimum atomic E-state index is 0.246. The molecule has 0 bridgehead atoms. The molecule has 0 spiro atoms. The number of aryl methyl sites for hydroxylation is 3. The molecule has 110 valence electrons. The predicted molar refractivity (Wildman–Crippen MR) is 88.0 cm³/mol. The summed E-state index contributed by atoms with van der Waals surface area (Å²) in [5, 5.41) is 0. The molecule has 3 unspecified atom stereocenters. The molecule has 2 aromatic carbocycles. The van der Waals surface area contributed by atoms with Crippen LogP contribution in [-0.4, -0.2) is 0 Å². The van der Waals surface area contributed by atoms with E-state index in [1.807, 2.05) is 0 Å². The van der Waals surface area contributed by atoms with Gasteiger partial charge < -0.3 is 0 Å². The van der Waals surface area contributed by atoms with Crippen molar-refractivity contribution in [3.63, 3.8) is 0 Å². The molecule has 1 saturated carbocycles. The first-order chi connectivity index (χ1) is 10.1. The van der Waals surface area contributed by atoms with Crippen molar-refractivity contribution in [2.75, 3.05) is 0 Å². The van der Waals surface area contributed by atoms with Crippen LogP contribution in [0, 0.1) is 26.7 Å². The zero-order chi connectivity index (χ0) is 15.0. The van der Waals surface area contributed by atoms with Gasteiger partial charge in [0.25, 0.3) is 0 Å². The Bertz CT molecular complexity index is 610.